The van der Waals surface area contributed by atoms with Crippen molar-refractivity contribution in [3.05, 3.63) is 11.9 Å². The SMILES string of the molecule is N#Cc1c(NN)n([C@H]2O[C@@H](CO)[C@@H](O)[C@@H]2O)c2ncnc(N)c12. The summed E-state index contributed by atoms with van der Waals surface area (Å²) < 4.78 is 6.79. The van der Waals surface area contributed by atoms with Crippen molar-refractivity contribution in [1.82, 2.24) is 14.5 Å². The van der Waals surface area contributed by atoms with E-state index in [2.05, 4.69) is 15.4 Å². The summed E-state index contributed by atoms with van der Waals surface area (Å²) in [5.74, 6) is 5.66. The van der Waals surface area contributed by atoms with Crippen LogP contribution in [0.5, 0.6) is 0 Å². The van der Waals surface area contributed by atoms with Crippen molar-refractivity contribution in [3.63, 3.8) is 0 Å². The van der Waals surface area contributed by atoms with Gasteiger partial charge in [-0.3, -0.25) is 4.57 Å². The molecule has 11 heteroatoms. The van der Waals surface area contributed by atoms with Gasteiger partial charge in [0.2, 0.25) is 0 Å². The molecule has 0 unspecified atom stereocenters. The molecule has 122 valence electrons. The Labute approximate surface area is 129 Å². The highest BCUT2D eigenvalue weighted by atomic mass is 16.6. The number of ether oxygens (including phenoxy) is 1. The van der Waals surface area contributed by atoms with Crippen molar-refractivity contribution < 1.29 is 20.1 Å². The van der Waals surface area contributed by atoms with E-state index >= 15 is 0 Å². The maximum Gasteiger partial charge on any atom is 0.166 e. The molecule has 1 aliphatic heterocycles. The number of nitrogen functional groups attached to an aromatic ring is 2. The highest BCUT2D eigenvalue weighted by Gasteiger charge is 2.45. The van der Waals surface area contributed by atoms with Crippen LogP contribution in [0.15, 0.2) is 6.33 Å². The van der Waals surface area contributed by atoms with E-state index in [1.165, 1.54) is 10.9 Å². The normalized spacial score (nSPS) is 27.3. The Bertz CT molecular complexity index is 786. The fourth-order valence-electron chi connectivity index (χ4n) is 2.75. The second-order valence-electron chi connectivity index (χ2n) is 5.04. The number of nitrogens with one attached hydrogen (secondary N) is 1. The molecule has 0 aliphatic carbocycles. The number of hydrazine groups is 1. The van der Waals surface area contributed by atoms with Gasteiger partial charge in [0.05, 0.1) is 12.0 Å². The molecule has 23 heavy (non-hydrogen) atoms. The summed E-state index contributed by atoms with van der Waals surface area (Å²) in [6.45, 7) is -0.485. The third kappa shape index (κ3) is 2.09. The summed E-state index contributed by atoms with van der Waals surface area (Å²) in [4.78, 5) is 7.90. The lowest BCUT2D eigenvalue weighted by Gasteiger charge is -2.20. The Balaban J connectivity index is 2.26. The minimum Gasteiger partial charge on any atom is -0.394 e. The van der Waals surface area contributed by atoms with E-state index in [4.69, 9.17) is 16.3 Å². The number of rotatable bonds is 3. The largest absolute Gasteiger partial charge is 0.394 e. The van der Waals surface area contributed by atoms with Crippen molar-refractivity contribution in [3.8, 4) is 6.07 Å². The minimum atomic E-state index is -1.36. The molecule has 0 aromatic carbocycles. The summed E-state index contributed by atoms with van der Waals surface area (Å²) in [6.07, 6.45) is -3.58. The molecule has 0 spiro atoms. The van der Waals surface area contributed by atoms with Gasteiger partial charge in [-0.05, 0) is 0 Å². The third-order valence-electron chi connectivity index (χ3n) is 3.83. The number of hydrogen-bond acceptors (Lipinski definition) is 10. The number of anilines is 2. The van der Waals surface area contributed by atoms with E-state index < -0.39 is 31.1 Å². The second-order valence-corrected chi connectivity index (χ2v) is 5.04. The highest BCUT2D eigenvalue weighted by Crippen LogP contribution is 2.39. The lowest BCUT2D eigenvalue weighted by atomic mass is 10.1. The molecule has 2 aromatic heterocycles. The van der Waals surface area contributed by atoms with E-state index in [9.17, 15) is 20.6 Å². The van der Waals surface area contributed by atoms with Gasteiger partial charge in [0.15, 0.2) is 11.9 Å². The molecule has 0 radical (unpaired) electrons. The Kier molecular flexibility index (Phi) is 3.76. The number of aliphatic hydroxyl groups is 3. The summed E-state index contributed by atoms with van der Waals surface area (Å²) >= 11 is 0. The monoisotopic (exact) mass is 321 g/mol. The van der Waals surface area contributed by atoms with Crippen LogP contribution in [0.25, 0.3) is 11.0 Å². The van der Waals surface area contributed by atoms with Gasteiger partial charge in [-0.25, -0.2) is 15.8 Å². The first kappa shape index (κ1) is 15.4. The maximum atomic E-state index is 10.2. The first-order chi connectivity index (χ1) is 11.0. The quantitative estimate of drug-likeness (QED) is 0.267. The summed E-state index contributed by atoms with van der Waals surface area (Å²) in [6, 6.07) is 1.95. The number of nitrogens with two attached hydrogens (primary N) is 2. The molecular weight excluding hydrogens is 306 g/mol. The van der Waals surface area contributed by atoms with Crippen LogP contribution < -0.4 is 17.0 Å². The van der Waals surface area contributed by atoms with Crippen LogP contribution >= 0.6 is 0 Å². The predicted octanol–water partition coefficient (Wildman–Crippen LogP) is -2.22. The number of aliphatic hydroxyl groups excluding tert-OH is 3. The summed E-state index contributed by atoms with van der Waals surface area (Å²) in [7, 11) is 0. The maximum absolute atomic E-state index is 10.2. The number of nitriles is 1. The van der Waals surface area contributed by atoms with E-state index in [0.29, 0.717) is 0 Å². The third-order valence-corrected chi connectivity index (χ3v) is 3.83. The number of fused-ring (bicyclic) bond motifs is 1. The van der Waals surface area contributed by atoms with Gasteiger partial charge in [-0.2, -0.15) is 5.26 Å². The van der Waals surface area contributed by atoms with Crippen LogP contribution in [0.2, 0.25) is 0 Å². The molecule has 11 nitrogen and oxygen atoms in total. The molecule has 8 N–H and O–H groups in total. The van der Waals surface area contributed by atoms with Crippen LogP contribution in [0.4, 0.5) is 11.6 Å². The first-order valence-electron chi connectivity index (χ1n) is 6.68. The fraction of sp³-hybridized carbons (Fsp3) is 0.417. The van der Waals surface area contributed by atoms with Gasteiger partial charge in [0.25, 0.3) is 0 Å². The number of hydrogen-bond donors (Lipinski definition) is 6. The topological polar surface area (TPSA) is 188 Å². The lowest BCUT2D eigenvalue weighted by Crippen LogP contribution is -2.33. The van der Waals surface area contributed by atoms with Crippen LogP contribution in [0, 0.1) is 11.3 Å². The van der Waals surface area contributed by atoms with Crippen LogP contribution in [0.3, 0.4) is 0 Å². The fourth-order valence-corrected chi connectivity index (χ4v) is 2.75. The van der Waals surface area contributed by atoms with Gasteiger partial charge in [0.1, 0.15) is 47.9 Å². The van der Waals surface area contributed by atoms with Crippen molar-refractivity contribution in [2.75, 3.05) is 17.8 Å². The lowest BCUT2D eigenvalue weighted by molar-refractivity contribution is -0.0499. The zero-order chi connectivity index (χ0) is 16.7. The molecule has 0 amide bonds. The molecule has 4 atom stereocenters. The summed E-state index contributed by atoms with van der Waals surface area (Å²) in [5, 5.41) is 39.0. The zero-order valence-corrected chi connectivity index (χ0v) is 11.8. The minimum absolute atomic E-state index is 0.0635. The first-order valence-corrected chi connectivity index (χ1v) is 6.68. The van der Waals surface area contributed by atoms with E-state index in [-0.39, 0.29) is 28.2 Å². The van der Waals surface area contributed by atoms with E-state index in [0.717, 1.165) is 0 Å². The van der Waals surface area contributed by atoms with Gasteiger partial charge >= 0.3 is 0 Å². The molecule has 1 fully saturated rings. The molecule has 2 aromatic rings. The van der Waals surface area contributed by atoms with Crippen LogP contribution in [0.1, 0.15) is 11.8 Å². The van der Waals surface area contributed by atoms with Crippen LogP contribution in [-0.2, 0) is 4.74 Å². The molecule has 0 saturated carbocycles. The molecular formula is C12H15N7O4. The number of aromatic nitrogens is 3. The Morgan fingerprint density at radius 2 is 2.13 bits per heavy atom. The van der Waals surface area contributed by atoms with E-state index in [1.807, 2.05) is 6.07 Å². The second kappa shape index (κ2) is 5.61. The Morgan fingerprint density at radius 1 is 1.39 bits per heavy atom. The average molecular weight is 321 g/mol. The summed E-state index contributed by atoms with van der Waals surface area (Å²) in [5.41, 5.74) is 8.45. The van der Waals surface area contributed by atoms with Crippen molar-refractivity contribution >= 4 is 22.7 Å². The van der Waals surface area contributed by atoms with Gasteiger partial charge < -0.3 is 31.2 Å². The Morgan fingerprint density at radius 3 is 2.70 bits per heavy atom. The van der Waals surface area contributed by atoms with Gasteiger partial charge in [-0.15, -0.1) is 0 Å². The smallest absolute Gasteiger partial charge is 0.166 e. The van der Waals surface area contributed by atoms with Gasteiger partial charge in [-0.1, -0.05) is 0 Å². The van der Waals surface area contributed by atoms with Crippen molar-refractivity contribution in [2.45, 2.75) is 24.5 Å². The van der Waals surface area contributed by atoms with Gasteiger partial charge in [0, 0.05) is 0 Å². The molecule has 1 saturated heterocycles. The molecule has 3 heterocycles. The van der Waals surface area contributed by atoms with Crippen molar-refractivity contribution in [1.29, 1.82) is 5.26 Å². The van der Waals surface area contributed by atoms with Crippen LogP contribution in [-0.4, -0.2) is 54.8 Å². The predicted molar refractivity (Wildman–Crippen MR) is 77.5 cm³/mol. The molecule has 1 aliphatic rings. The zero-order valence-electron chi connectivity index (χ0n) is 11.8. The average Bonchev–Trinajstić information content (AvgIpc) is 3.03. The van der Waals surface area contributed by atoms with Crippen molar-refractivity contribution in [2.24, 2.45) is 5.84 Å². The Hall–Kier alpha value is -2.49. The standard InChI is InChI=1S/C12H15N7O4/c13-1-4-6-9(14)16-3-17-11(6)19(10(4)18-15)12-8(22)7(21)5(2-20)23-12/h3,5,7-8,12,18,20-22H,2,15H2,(H2,14,16,17)/t5-,7+,8-,12-/m0/s1. The number of nitrogens with zero attached hydrogens (tertiary/aromatic N) is 4. The molecule has 0 bridgehead atoms. The van der Waals surface area contributed by atoms with E-state index in [1.54, 1.807) is 0 Å². The highest BCUT2D eigenvalue weighted by molar-refractivity contribution is 5.97. The molecule has 3 rings (SSSR count).